The summed E-state index contributed by atoms with van der Waals surface area (Å²) in [4.78, 5) is 25.9. The molecule has 1 unspecified atom stereocenters. The van der Waals surface area contributed by atoms with Crippen LogP contribution in [0.1, 0.15) is 11.3 Å². The van der Waals surface area contributed by atoms with Crippen LogP contribution in [-0.4, -0.2) is 53.4 Å². The van der Waals surface area contributed by atoms with Gasteiger partial charge in [-0.2, -0.15) is 13.2 Å². The fraction of sp³-hybridized carbons (Fsp3) is 0.250. The fourth-order valence-corrected chi connectivity index (χ4v) is 4.84. The normalized spacial score (nSPS) is 15.5. The highest BCUT2D eigenvalue weighted by atomic mass is 35.5. The molecule has 13 heteroatoms. The zero-order valence-corrected chi connectivity index (χ0v) is 22.2. The van der Waals surface area contributed by atoms with Crippen LogP contribution in [0.5, 0.6) is 5.75 Å². The van der Waals surface area contributed by atoms with E-state index in [1.807, 2.05) is 23.1 Å². The Morgan fingerprint density at radius 2 is 1.73 bits per heavy atom. The molecule has 5 rings (SSSR count). The number of nitro benzene ring substituents is 1. The van der Waals surface area contributed by atoms with Crippen LogP contribution in [0, 0.1) is 10.1 Å². The molecule has 2 heterocycles. The first kappa shape index (κ1) is 28.4. The first-order valence-corrected chi connectivity index (χ1v) is 13.0. The molecule has 0 saturated carbocycles. The summed E-state index contributed by atoms with van der Waals surface area (Å²) in [5.41, 5.74) is -1.12. The highest BCUT2D eigenvalue weighted by molar-refractivity contribution is 6.31. The maximum Gasteiger partial charge on any atom is 0.423 e. The van der Waals surface area contributed by atoms with E-state index in [0.717, 1.165) is 29.1 Å². The van der Waals surface area contributed by atoms with Crippen LogP contribution in [0.4, 0.5) is 30.2 Å². The van der Waals surface area contributed by atoms with E-state index in [9.17, 15) is 28.1 Å². The number of piperazine rings is 1. The monoisotopic (exact) mass is 588 g/mol. The zero-order chi connectivity index (χ0) is 29.1. The summed E-state index contributed by atoms with van der Waals surface area (Å²) in [6.45, 7) is 3.21. The Labute approximate surface area is 237 Å². The topological polar surface area (TPSA) is 101 Å². The first-order valence-electron chi connectivity index (χ1n) is 12.6. The summed E-state index contributed by atoms with van der Waals surface area (Å²) in [6.07, 6.45) is -4.97. The van der Waals surface area contributed by atoms with Crippen molar-refractivity contribution < 1.29 is 32.0 Å². The van der Waals surface area contributed by atoms with E-state index in [1.165, 1.54) is 6.07 Å². The van der Waals surface area contributed by atoms with Crippen LogP contribution in [0.3, 0.4) is 0 Å². The quantitative estimate of drug-likeness (QED) is 0.135. The van der Waals surface area contributed by atoms with Gasteiger partial charge in [-0.3, -0.25) is 24.7 Å². The van der Waals surface area contributed by atoms with Crippen molar-refractivity contribution in [2.24, 2.45) is 0 Å². The third kappa shape index (κ3) is 6.79. The second-order valence-electron chi connectivity index (χ2n) is 9.49. The number of anilines is 2. The van der Waals surface area contributed by atoms with Crippen LogP contribution in [0.15, 0.2) is 71.1 Å². The summed E-state index contributed by atoms with van der Waals surface area (Å²) in [5, 5.41) is 15.4. The first-order chi connectivity index (χ1) is 19.6. The standard InChI is InChI=1S/C28H24ClF3N4O5/c29-19-1-8-26-18(13-19)14-23(40-26)16-34-9-11-35(12-10-34)27(17-37)41-22-5-2-20(3-6-22)33-21-4-7-25(36(38)39)24(15-21)28(30,31)32/h1-8,13-15,17,27,33H,9-12,16H2. The predicted molar refractivity (Wildman–Crippen MR) is 146 cm³/mol. The number of carbonyl (C=O) groups excluding carboxylic acids is 1. The van der Waals surface area contributed by atoms with Gasteiger partial charge in [0.15, 0.2) is 6.29 Å². The second-order valence-corrected chi connectivity index (χ2v) is 9.92. The number of hydrogen-bond donors (Lipinski definition) is 1. The number of halogens is 4. The molecule has 0 amide bonds. The van der Waals surface area contributed by atoms with E-state index >= 15 is 0 Å². The highest BCUT2D eigenvalue weighted by Crippen LogP contribution is 2.38. The average Bonchev–Trinajstić information content (AvgIpc) is 3.34. The highest BCUT2D eigenvalue weighted by Gasteiger charge is 2.38. The molecule has 1 fully saturated rings. The fourth-order valence-electron chi connectivity index (χ4n) is 4.65. The molecular weight excluding hydrogens is 565 g/mol. The van der Waals surface area contributed by atoms with Crippen molar-refractivity contribution in [2.75, 3.05) is 31.5 Å². The number of alkyl halides is 3. The molecule has 1 N–H and O–H groups in total. The molecule has 1 saturated heterocycles. The molecule has 214 valence electrons. The molecule has 9 nitrogen and oxygen atoms in total. The Morgan fingerprint density at radius 1 is 1.02 bits per heavy atom. The Hall–Kier alpha value is -4.13. The second kappa shape index (κ2) is 11.8. The van der Waals surface area contributed by atoms with E-state index in [2.05, 4.69) is 10.2 Å². The number of furan rings is 1. The van der Waals surface area contributed by atoms with Crippen molar-refractivity contribution in [3.63, 3.8) is 0 Å². The van der Waals surface area contributed by atoms with E-state index < -0.39 is 28.6 Å². The predicted octanol–water partition coefficient (Wildman–Crippen LogP) is 6.48. The number of benzene rings is 3. The molecular formula is C28H24ClF3N4O5. The minimum Gasteiger partial charge on any atom is -0.468 e. The lowest BCUT2D eigenvalue weighted by molar-refractivity contribution is -0.388. The SMILES string of the molecule is O=CC(Oc1ccc(Nc2ccc([N+](=O)[O-])c(C(F)(F)F)c2)cc1)N1CCN(Cc2cc3cc(Cl)ccc3o2)CC1. The lowest BCUT2D eigenvalue weighted by Crippen LogP contribution is -2.52. The molecule has 1 atom stereocenters. The maximum atomic E-state index is 13.3. The van der Waals surface area contributed by atoms with Crippen LogP contribution in [0.25, 0.3) is 11.0 Å². The van der Waals surface area contributed by atoms with Gasteiger partial charge in [-0.1, -0.05) is 11.6 Å². The van der Waals surface area contributed by atoms with E-state index in [0.29, 0.717) is 55.2 Å². The third-order valence-electron chi connectivity index (χ3n) is 6.69. The van der Waals surface area contributed by atoms with Gasteiger partial charge in [0, 0.05) is 54.0 Å². The molecule has 1 aromatic heterocycles. The number of ether oxygens (including phenoxy) is 1. The number of rotatable bonds is 9. The molecule has 0 aliphatic carbocycles. The van der Waals surface area contributed by atoms with Crippen molar-refractivity contribution in [2.45, 2.75) is 18.9 Å². The van der Waals surface area contributed by atoms with E-state index in [4.69, 9.17) is 20.8 Å². The van der Waals surface area contributed by atoms with Gasteiger partial charge in [-0.15, -0.1) is 0 Å². The van der Waals surface area contributed by atoms with Gasteiger partial charge in [0.1, 0.15) is 22.7 Å². The smallest absolute Gasteiger partial charge is 0.423 e. The largest absolute Gasteiger partial charge is 0.468 e. The van der Waals surface area contributed by atoms with Crippen molar-refractivity contribution in [3.05, 3.63) is 93.2 Å². The van der Waals surface area contributed by atoms with Crippen molar-refractivity contribution >= 4 is 45.9 Å². The van der Waals surface area contributed by atoms with Gasteiger partial charge >= 0.3 is 6.18 Å². The average molecular weight is 589 g/mol. The molecule has 0 spiro atoms. The van der Waals surface area contributed by atoms with Crippen molar-refractivity contribution in [3.8, 4) is 5.75 Å². The van der Waals surface area contributed by atoms with E-state index in [-0.39, 0.29) is 5.69 Å². The molecule has 0 radical (unpaired) electrons. The van der Waals surface area contributed by atoms with Crippen molar-refractivity contribution in [1.29, 1.82) is 0 Å². The summed E-state index contributed by atoms with van der Waals surface area (Å²) >= 11 is 6.06. The molecule has 1 aliphatic rings. The Kier molecular flexibility index (Phi) is 8.15. The summed E-state index contributed by atoms with van der Waals surface area (Å²) in [7, 11) is 0. The summed E-state index contributed by atoms with van der Waals surface area (Å²) in [6, 6.07) is 16.5. The van der Waals surface area contributed by atoms with Crippen LogP contribution >= 0.6 is 11.6 Å². The van der Waals surface area contributed by atoms with Gasteiger partial charge < -0.3 is 14.5 Å². The lowest BCUT2D eigenvalue weighted by Gasteiger charge is -2.36. The van der Waals surface area contributed by atoms with Crippen molar-refractivity contribution in [1.82, 2.24) is 9.80 Å². The van der Waals surface area contributed by atoms with Gasteiger partial charge in [0.2, 0.25) is 6.23 Å². The lowest BCUT2D eigenvalue weighted by atomic mass is 10.1. The van der Waals surface area contributed by atoms with E-state index in [1.54, 1.807) is 30.3 Å². The van der Waals surface area contributed by atoms with Gasteiger partial charge in [0.05, 0.1) is 11.5 Å². The minimum absolute atomic E-state index is 0.0340. The third-order valence-corrected chi connectivity index (χ3v) is 6.93. The van der Waals surface area contributed by atoms with Crippen LogP contribution in [-0.2, 0) is 17.5 Å². The summed E-state index contributed by atoms with van der Waals surface area (Å²) < 4.78 is 51.6. The minimum atomic E-state index is -4.88. The number of nitrogens with one attached hydrogen (secondary N) is 1. The molecule has 0 bridgehead atoms. The van der Waals surface area contributed by atoms with Gasteiger partial charge in [-0.05, 0) is 60.7 Å². The maximum absolute atomic E-state index is 13.3. The Bertz CT molecular complexity index is 1550. The molecule has 1 aliphatic heterocycles. The number of fused-ring (bicyclic) bond motifs is 1. The molecule has 4 aromatic rings. The molecule has 41 heavy (non-hydrogen) atoms. The number of aldehydes is 1. The van der Waals surface area contributed by atoms with Crippen LogP contribution in [0.2, 0.25) is 5.02 Å². The zero-order valence-electron chi connectivity index (χ0n) is 21.4. The number of nitrogens with zero attached hydrogens (tertiary/aromatic N) is 3. The number of hydrogen-bond acceptors (Lipinski definition) is 8. The van der Waals surface area contributed by atoms with Gasteiger partial charge in [0.25, 0.3) is 5.69 Å². The Balaban J connectivity index is 1.16. The molecule has 3 aromatic carbocycles. The Morgan fingerprint density at radius 3 is 2.39 bits per heavy atom. The van der Waals surface area contributed by atoms with Crippen LogP contribution < -0.4 is 10.1 Å². The van der Waals surface area contributed by atoms with Gasteiger partial charge in [-0.25, -0.2) is 0 Å². The number of nitro groups is 1. The summed E-state index contributed by atoms with van der Waals surface area (Å²) in [5.74, 6) is 1.23. The number of carbonyl (C=O) groups is 1.